The van der Waals surface area contributed by atoms with Crippen LogP contribution in [-0.4, -0.2) is 45.4 Å². The molecule has 0 amide bonds. The van der Waals surface area contributed by atoms with Gasteiger partial charge in [-0.2, -0.15) is 0 Å². The van der Waals surface area contributed by atoms with E-state index in [1.54, 1.807) is 25.6 Å². The van der Waals surface area contributed by atoms with Crippen molar-refractivity contribution in [1.29, 1.82) is 0 Å². The maximum Gasteiger partial charge on any atom is 0.186 e. The van der Waals surface area contributed by atoms with Crippen LogP contribution in [0.25, 0.3) is 10.2 Å². The fourth-order valence-corrected chi connectivity index (χ4v) is 4.50. The fraction of sp³-hybridized carbons (Fsp3) is 0.316. The predicted octanol–water partition coefficient (Wildman–Crippen LogP) is 4.29. The van der Waals surface area contributed by atoms with Crippen LogP contribution in [0.3, 0.4) is 0 Å². The van der Waals surface area contributed by atoms with Gasteiger partial charge in [-0.15, -0.1) is 0 Å². The molecular weight excluding hydrogens is 370 g/mol. The average Bonchev–Trinajstić information content (AvgIpc) is 3.15. The van der Waals surface area contributed by atoms with Gasteiger partial charge < -0.3 is 19.3 Å². The lowest BCUT2D eigenvalue weighted by Gasteiger charge is -2.36. The van der Waals surface area contributed by atoms with E-state index < -0.39 is 0 Å². The van der Waals surface area contributed by atoms with E-state index >= 15 is 0 Å². The van der Waals surface area contributed by atoms with Crippen LogP contribution in [0.2, 0.25) is 5.02 Å². The lowest BCUT2D eigenvalue weighted by atomic mass is 10.2. The van der Waals surface area contributed by atoms with E-state index in [4.69, 9.17) is 26.1 Å². The summed E-state index contributed by atoms with van der Waals surface area (Å²) in [6, 6.07) is 12.0. The van der Waals surface area contributed by atoms with E-state index in [9.17, 15) is 0 Å². The number of hydrogen-bond donors (Lipinski definition) is 0. The van der Waals surface area contributed by atoms with Gasteiger partial charge >= 0.3 is 0 Å². The number of halogens is 1. The minimum Gasteiger partial charge on any atom is -0.497 e. The summed E-state index contributed by atoms with van der Waals surface area (Å²) in [5, 5.41) is 1.72. The molecule has 2 heterocycles. The highest BCUT2D eigenvalue weighted by Crippen LogP contribution is 2.39. The molecule has 1 fully saturated rings. The van der Waals surface area contributed by atoms with Crippen molar-refractivity contribution in [3.8, 4) is 11.5 Å². The van der Waals surface area contributed by atoms with E-state index in [2.05, 4.69) is 21.9 Å². The number of rotatable bonds is 4. The summed E-state index contributed by atoms with van der Waals surface area (Å²) in [6.07, 6.45) is 0. The molecule has 1 aliphatic heterocycles. The molecule has 0 N–H and O–H groups in total. The molecule has 5 nitrogen and oxygen atoms in total. The zero-order valence-corrected chi connectivity index (χ0v) is 16.3. The molecule has 1 aliphatic rings. The van der Waals surface area contributed by atoms with Crippen LogP contribution in [-0.2, 0) is 0 Å². The van der Waals surface area contributed by atoms with Crippen LogP contribution in [0.1, 0.15) is 0 Å². The van der Waals surface area contributed by atoms with Crippen molar-refractivity contribution in [2.24, 2.45) is 0 Å². The quantitative estimate of drug-likeness (QED) is 0.665. The molecule has 0 bridgehead atoms. The molecule has 4 rings (SSSR count). The highest BCUT2D eigenvalue weighted by molar-refractivity contribution is 7.22. The minimum absolute atomic E-state index is 0.724. The van der Waals surface area contributed by atoms with Crippen LogP contribution in [0.4, 0.5) is 10.8 Å². The summed E-state index contributed by atoms with van der Waals surface area (Å²) in [6.45, 7) is 3.75. The Hall–Kier alpha value is -2.18. The van der Waals surface area contributed by atoms with Gasteiger partial charge in [0.15, 0.2) is 5.13 Å². The van der Waals surface area contributed by atoms with E-state index in [-0.39, 0.29) is 0 Å². The molecule has 2 aromatic carbocycles. The summed E-state index contributed by atoms with van der Waals surface area (Å²) in [7, 11) is 3.35. The second-order valence-electron chi connectivity index (χ2n) is 6.10. The topological polar surface area (TPSA) is 37.8 Å². The second-order valence-corrected chi connectivity index (χ2v) is 7.48. The zero-order valence-electron chi connectivity index (χ0n) is 14.7. The normalized spacial score (nSPS) is 14.7. The second kappa shape index (κ2) is 7.21. The van der Waals surface area contributed by atoms with Gasteiger partial charge in [-0.05, 0) is 36.4 Å². The van der Waals surface area contributed by atoms with Crippen molar-refractivity contribution >= 4 is 44.0 Å². The molecule has 0 spiro atoms. The number of piperazine rings is 1. The first-order valence-corrected chi connectivity index (χ1v) is 9.66. The van der Waals surface area contributed by atoms with Crippen molar-refractivity contribution < 1.29 is 9.47 Å². The molecule has 26 heavy (non-hydrogen) atoms. The van der Waals surface area contributed by atoms with Crippen LogP contribution < -0.4 is 19.3 Å². The van der Waals surface area contributed by atoms with Crippen molar-refractivity contribution in [2.45, 2.75) is 0 Å². The van der Waals surface area contributed by atoms with Crippen LogP contribution in [0.15, 0.2) is 36.4 Å². The van der Waals surface area contributed by atoms with E-state index in [0.29, 0.717) is 0 Å². The van der Waals surface area contributed by atoms with Crippen LogP contribution in [0.5, 0.6) is 11.5 Å². The highest BCUT2D eigenvalue weighted by Gasteiger charge is 2.21. The Morgan fingerprint density at radius 3 is 2.27 bits per heavy atom. The molecule has 0 unspecified atom stereocenters. The predicted molar refractivity (Wildman–Crippen MR) is 109 cm³/mol. The Morgan fingerprint density at radius 1 is 0.923 bits per heavy atom. The number of anilines is 2. The molecule has 0 aliphatic carbocycles. The Kier molecular flexibility index (Phi) is 4.78. The van der Waals surface area contributed by atoms with Gasteiger partial charge in [-0.1, -0.05) is 22.9 Å². The summed E-state index contributed by atoms with van der Waals surface area (Å²) < 4.78 is 11.6. The third kappa shape index (κ3) is 3.15. The first-order valence-electron chi connectivity index (χ1n) is 8.46. The molecule has 0 radical (unpaired) electrons. The van der Waals surface area contributed by atoms with Crippen LogP contribution >= 0.6 is 22.9 Å². The largest absolute Gasteiger partial charge is 0.497 e. The number of methoxy groups -OCH3 is 2. The molecule has 136 valence electrons. The molecule has 7 heteroatoms. The maximum absolute atomic E-state index is 6.34. The van der Waals surface area contributed by atoms with Gasteiger partial charge in [0, 0.05) is 31.9 Å². The molecule has 0 saturated carbocycles. The smallest absolute Gasteiger partial charge is 0.186 e. The lowest BCUT2D eigenvalue weighted by Crippen LogP contribution is -2.46. The number of thiazole rings is 1. The van der Waals surface area contributed by atoms with Gasteiger partial charge in [0.05, 0.1) is 23.9 Å². The SMILES string of the molecule is COc1ccc(N2CCN(c3nc4c(OC)ccc(Cl)c4s3)CC2)cc1. The molecule has 0 atom stereocenters. The van der Waals surface area contributed by atoms with E-state index in [1.807, 2.05) is 24.3 Å². The summed E-state index contributed by atoms with van der Waals surface area (Å²) in [4.78, 5) is 9.49. The third-order valence-corrected chi connectivity index (χ3v) is 6.23. The maximum atomic E-state index is 6.34. The van der Waals surface area contributed by atoms with Gasteiger partial charge in [0.1, 0.15) is 17.0 Å². The number of benzene rings is 2. The van der Waals surface area contributed by atoms with Crippen molar-refractivity contribution in [1.82, 2.24) is 4.98 Å². The van der Waals surface area contributed by atoms with Crippen LogP contribution in [0, 0.1) is 0 Å². The van der Waals surface area contributed by atoms with E-state index in [0.717, 1.165) is 58.0 Å². The van der Waals surface area contributed by atoms with Crippen molar-refractivity contribution in [3.05, 3.63) is 41.4 Å². The molecular formula is C19H20ClN3O2S. The number of ether oxygens (including phenoxy) is 2. The number of hydrogen-bond acceptors (Lipinski definition) is 6. The summed E-state index contributed by atoms with van der Waals surface area (Å²) >= 11 is 7.97. The highest BCUT2D eigenvalue weighted by atomic mass is 35.5. The summed E-state index contributed by atoms with van der Waals surface area (Å²) in [5.41, 5.74) is 2.07. The molecule has 1 saturated heterocycles. The Labute approximate surface area is 161 Å². The summed E-state index contributed by atoms with van der Waals surface area (Å²) in [5.74, 6) is 1.65. The van der Waals surface area contributed by atoms with Crippen molar-refractivity contribution in [3.63, 3.8) is 0 Å². The third-order valence-electron chi connectivity index (χ3n) is 4.65. The van der Waals surface area contributed by atoms with Crippen molar-refractivity contribution in [2.75, 3.05) is 50.2 Å². The van der Waals surface area contributed by atoms with Gasteiger partial charge in [0.2, 0.25) is 0 Å². The number of nitrogens with zero attached hydrogens (tertiary/aromatic N) is 3. The molecule has 1 aromatic heterocycles. The van der Waals surface area contributed by atoms with E-state index in [1.165, 1.54) is 5.69 Å². The van der Waals surface area contributed by atoms with Gasteiger partial charge in [-0.25, -0.2) is 4.98 Å². The standard InChI is InChI=1S/C19H20ClN3O2S/c1-24-14-5-3-13(4-6-14)22-9-11-23(12-10-22)19-21-17-16(25-2)8-7-15(20)18(17)26-19/h3-8H,9-12H2,1-2H3. The monoisotopic (exact) mass is 389 g/mol. The van der Waals surface area contributed by atoms with Gasteiger partial charge in [0.25, 0.3) is 0 Å². The first kappa shape index (κ1) is 17.2. The molecule has 3 aromatic rings. The Bertz CT molecular complexity index is 905. The number of aromatic nitrogens is 1. The van der Waals surface area contributed by atoms with Gasteiger partial charge in [-0.3, -0.25) is 0 Å². The minimum atomic E-state index is 0.724. The Morgan fingerprint density at radius 2 is 1.62 bits per heavy atom. The fourth-order valence-electron chi connectivity index (χ4n) is 3.19. The lowest BCUT2D eigenvalue weighted by molar-refractivity contribution is 0.415. The zero-order chi connectivity index (χ0) is 18.1. The average molecular weight is 390 g/mol. The number of fused-ring (bicyclic) bond motifs is 1. The first-order chi connectivity index (χ1) is 12.7. The Balaban J connectivity index is 1.51.